The molecule has 9 fully saturated rings. The second-order valence-electron chi connectivity index (χ2n) is 38.0. The van der Waals surface area contributed by atoms with Crippen LogP contribution in [0.1, 0.15) is 270 Å². The van der Waals surface area contributed by atoms with E-state index in [1.54, 1.807) is 24.3 Å². The number of benzene rings is 6. The zero-order valence-corrected chi connectivity index (χ0v) is 75.1. The number of carbonyl (C=O) groups excluding carboxylic acids is 5. The van der Waals surface area contributed by atoms with Crippen LogP contribution in [0.2, 0.25) is 0 Å². The van der Waals surface area contributed by atoms with E-state index < -0.39 is 42.5 Å². The number of unbranched alkanes of at least 4 members (excludes halogenated alkanes) is 2. The van der Waals surface area contributed by atoms with E-state index in [4.69, 9.17) is 47.4 Å². The lowest BCUT2D eigenvalue weighted by Crippen LogP contribution is -2.56. The summed E-state index contributed by atoms with van der Waals surface area (Å²) in [6.07, 6.45) is 27.9. The third-order valence-corrected chi connectivity index (χ3v) is 29.3. The fourth-order valence-electron chi connectivity index (χ4n) is 22.1. The van der Waals surface area contributed by atoms with Gasteiger partial charge in [0.05, 0.1) is 55.8 Å². The fourth-order valence-corrected chi connectivity index (χ4v) is 22.1. The van der Waals surface area contributed by atoms with Crippen molar-refractivity contribution in [1.82, 2.24) is 4.90 Å². The molecule has 4 heterocycles. The topological polar surface area (TPSA) is 184 Å². The van der Waals surface area contributed by atoms with Gasteiger partial charge in [0.1, 0.15) is 30.5 Å². The summed E-state index contributed by atoms with van der Waals surface area (Å²) in [5.74, 6) is 5.36. The van der Waals surface area contributed by atoms with Gasteiger partial charge in [0.15, 0.2) is 18.5 Å². The largest absolute Gasteiger partial charge is 0.508 e. The standard InChI is InChI=1S/C29H48O3.C26H30O4.C25H34N2O2.C25H28O6/c1-19(2)9-7-10-20(3)29-15-8-11-25(29)24-13-12-22-18-23(32-27(30)31-6)14-16-28(22,5)26(24)17-21(29)4;1-3-4-18-7-11-20(12-8-18)26(28)30-24-15-21-13-23(14-22(21)16-24)29-25(27)19-9-5-17(2)6-10-19;1-3-4-5-20-6-8-21(9-7-20)23-18-28-25(29-19-23)22-10-12-24(13-11-22)27-16-14-26(2)15-17-27;1-3-4-5-17-8-12-19(13-9-17)25(27)31-21-15-29-22-20(14-28-23(21)22)30-24(26)18-10-6-16(2)7-11-18/h12-13,19-26H,7-11,14-18H2,1-6H3;5-12,21-24H,3-4,13-16H2,1-2H3;6-13,23,25H,3-5,14-19H2,1-2H3;6-13,20-23H,3-5,14-15H2,1-2H3/t20?,21-,22?,23?,24+,25+,26+,28+,29-;;;20-,21+,22+,23+/m0..0/s1. The molecule has 0 radical (unpaired) electrons. The van der Waals surface area contributed by atoms with Crippen LogP contribution in [0.25, 0.3) is 0 Å². The summed E-state index contributed by atoms with van der Waals surface area (Å²) in [4.78, 5) is 66.3. The Morgan fingerprint density at radius 3 is 1.46 bits per heavy atom. The maximum absolute atomic E-state index is 12.6. The number of ether oxygens (including phenoxy) is 10. The lowest BCUT2D eigenvalue weighted by molar-refractivity contribution is -0.191. The molecule has 5 saturated carbocycles. The zero-order chi connectivity index (χ0) is 86.0. The first-order valence-corrected chi connectivity index (χ1v) is 46.7. The number of aryl methyl sites for hydroxylation is 5. The first kappa shape index (κ1) is 91.5. The Morgan fingerprint density at radius 2 is 0.967 bits per heavy atom. The van der Waals surface area contributed by atoms with Crippen molar-refractivity contribution in [2.45, 2.75) is 265 Å². The Kier molecular flexibility index (Phi) is 32.4. The summed E-state index contributed by atoms with van der Waals surface area (Å²) >= 11 is 0. The normalized spacial score (nSPS) is 29.4. The quantitative estimate of drug-likeness (QED) is 0.0299. The van der Waals surface area contributed by atoms with Crippen LogP contribution < -0.4 is 4.90 Å². The summed E-state index contributed by atoms with van der Waals surface area (Å²) in [5.41, 5.74) is 12.9. The van der Waals surface area contributed by atoms with E-state index in [2.05, 4.69) is 133 Å². The van der Waals surface area contributed by atoms with Crippen molar-refractivity contribution < 1.29 is 71.3 Å². The van der Waals surface area contributed by atoms with Gasteiger partial charge in [-0.3, -0.25) is 0 Å². The Morgan fingerprint density at radius 1 is 0.484 bits per heavy atom. The van der Waals surface area contributed by atoms with Crippen molar-refractivity contribution in [2.24, 2.45) is 64.1 Å². The number of piperazine rings is 1. The SMILES string of the molecule is CCCCc1ccc(C(=O)O[C@@H]2CO[C@H]3[C@@H]2OC[C@@H]3OC(=O)c2ccc(C)cc2)cc1.CCCCc1ccc(C2COC(c3ccc(N4CCN(C)CC4)cc3)OC2)cc1.CCCc1ccc(C(=O)OC2CC3CC(OC(=O)c4ccc(C)cc4)CC3C2)cc1.COC(=O)OC1CC[C@]2(C)C(C=C[C@@H]3[C@H]4CCC[C@]4(C(C)CCCC(C)C)[C@@H](C)C[C@H]32)C1. The van der Waals surface area contributed by atoms with E-state index >= 15 is 0 Å². The predicted octanol–water partition coefficient (Wildman–Crippen LogP) is 22.1. The number of hydrogen-bond acceptors (Lipinski definition) is 17. The fraction of sp³-hybridized carbons (Fsp3) is 0.590. The molecule has 10 aliphatic rings. The van der Waals surface area contributed by atoms with Gasteiger partial charge in [0.25, 0.3) is 0 Å². The van der Waals surface area contributed by atoms with Crippen LogP contribution in [0.15, 0.2) is 158 Å². The Hall–Kier alpha value is -8.19. The van der Waals surface area contributed by atoms with Gasteiger partial charge in [-0.25, -0.2) is 24.0 Å². The number of rotatable bonds is 25. The summed E-state index contributed by atoms with van der Waals surface area (Å²) in [6, 6.07) is 47.7. The molecule has 660 valence electrons. The third kappa shape index (κ3) is 22.9. The van der Waals surface area contributed by atoms with Crippen molar-refractivity contribution in [3.8, 4) is 0 Å². The molecular weight excluding hydrogens is 1530 g/mol. The van der Waals surface area contributed by atoms with Gasteiger partial charge in [0.2, 0.25) is 0 Å². The van der Waals surface area contributed by atoms with Crippen LogP contribution >= 0.6 is 0 Å². The molecule has 4 saturated heterocycles. The van der Waals surface area contributed by atoms with Crippen LogP contribution in [0.3, 0.4) is 0 Å². The van der Waals surface area contributed by atoms with Crippen LogP contribution in [0.4, 0.5) is 10.5 Å². The number of likely N-dealkylation sites (N-methyl/N-ethyl adjacent to an activating group) is 1. The minimum atomic E-state index is -0.527. The predicted molar refractivity (Wildman–Crippen MR) is 478 cm³/mol. The minimum Gasteiger partial charge on any atom is -0.459 e. The van der Waals surface area contributed by atoms with Gasteiger partial charge in [-0.1, -0.05) is 209 Å². The molecule has 122 heavy (non-hydrogen) atoms. The molecule has 15 atom stereocenters. The molecule has 0 N–H and O–H groups in total. The average Bonchev–Trinajstić information content (AvgIpc) is 1.37. The molecule has 0 spiro atoms. The highest BCUT2D eigenvalue weighted by atomic mass is 16.7. The van der Waals surface area contributed by atoms with Crippen molar-refractivity contribution in [3.05, 3.63) is 219 Å². The van der Waals surface area contributed by atoms with Gasteiger partial charge in [0, 0.05) is 43.3 Å². The van der Waals surface area contributed by atoms with Crippen molar-refractivity contribution in [2.75, 3.05) is 71.7 Å². The first-order chi connectivity index (χ1) is 59.0. The van der Waals surface area contributed by atoms with E-state index in [1.807, 2.05) is 86.6 Å². The van der Waals surface area contributed by atoms with Crippen molar-refractivity contribution in [3.63, 3.8) is 0 Å². The van der Waals surface area contributed by atoms with E-state index in [0.29, 0.717) is 70.0 Å². The molecule has 16 rings (SSSR count). The molecule has 6 aliphatic carbocycles. The van der Waals surface area contributed by atoms with Crippen LogP contribution in [-0.4, -0.2) is 144 Å². The molecule has 6 aromatic carbocycles. The van der Waals surface area contributed by atoms with Gasteiger partial charge in [-0.2, -0.15) is 0 Å². The summed E-state index contributed by atoms with van der Waals surface area (Å²) in [5, 5.41) is 0. The highest BCUT2D eigenvalue weighted by Crippen LogP contribution is 2.69. The van der Waals surface area contributed by atoms with Gasteiger partial charge in [-0.05, 0) is 264 Å². The summed E-state index contributed by atoms with van der Waals surface area (Å²) < 4.78 is 56.8. The van der Waals surface area contributed by atoms with E-state index in [0.717, 1.165) is 149 Å². The number of nitrogens with zero attached hydrogens (tertiary/aromatic N) is 2. The molecular formula is C105H140N2O15. The Labute approximate surface area is 728 Å². The lowest BCUT2D eigenvalue weighted by Gasteiger charge is -2.62. The second kappa shape index (κ2) is 43.1. The van der Waals surface area contributed by atoms with Crippen molar-refractivity contribution in [1.29, 1.82) is 0 Å². The maximum Gasteiger partial charge on any atom is 0.508 e. The lowest BCUT2D eigenvalue weighted by atomic mass is 9.43. The number of methoxy groups -OCH3 is 1. The Bertz CT molecular complexity index is 4330. The van der Waals surface area contributed by atoms with Gasteiger partial charge < -0.3 is 57.2 Å². The molecule has 5 unspecified atom stereocenters. The highest BCUT2D eigenvalue weighted by molar-refractivity contribution is 5.91. The molecule has 17 nitrogen and oxygen atoms in total. The summed E-state index contributed by atoms with van der Waals surface area (Å²) in [6.45, 7) is 29.3. The molecule has 17 heteroatoms. The highest BCUT2D eigenvalue weighted by Gasteiger charge is 2.62. The summed E-state index contributed by atoms with van der Waals surface area (Å²) in [7, 11) is 3.59. The smallest absolute Gasteiger partial charge is 0.459 e. The number of carbonyl (C=O) groups is 5. The number of hydrogen-bond donors (Lipinski definition) is 0. The maximum atomic E-state index is 12.6. The average molecular weight is 1670 g/mol. The van der Waals surface area contributed by atoms with Crippen LogP contribution in [0.5, 0.6) is 0 Å². The van der Waals surface area contributed by atoms with Gasteiger partial charge >= 0.3 is 30.0 Å². The molecule has 0 bridgehead atoms. The monoisotopic (exact) mass is 1670 g/mol. The van der Waals surface area contributed by atoms with E-state index in [9.17, 15) is 24.0 Å². The third-order valence-electron chi connectivity index (χ3n) is 29.3. The second-order valence-corrected chi connectivity index (χ2v) is 38.0. The first-order valence-electron chi connectivity index (χ1n) is 46.7. The molecule has 4 aliphatic heterocycles. The van der Waals surface area contributed by atoms with Crippen LogP contribution in [-0.2, 0) is 66.6 Å². The zero-order valence-electron chi connectivity index (χ0n) is 75.1. The molecule has 0 aromatic heterocycles. The minimum absolute atomic E-state index is 0.00860. The molecule has 0 amide bonds. The van der Waals surface area contributed by atoms with E-state index in [1.165, 1.54) is 106 Å². The molecule has 6 aromatic rings. The Balaban J connectivity index is 0.000000140. The van der Waals surface area contributed by atoms with Crippen molar-refractivity contribution >= 4 is 35.7 Å². The number of anilines is 1. The number of allylic oxidation sites excluding steroid dienone is 2. The van der Waals surface area contributed by atoms with Gasteiger partial charge in [-0.15, -0.1) is 0 Å². The van der Waals surface area contributed by atoms with E-state index in [-0.39, 0.29) is 49.8 Å². The number of esters is 4. The number of fused-ring (bicyclic) bond motifs is 7. The van der Waals surface area contributed by atoms with Crippen LogP contribution in [0, 0.1) is 77.9 Å².